The lowest BCUT2D eigenvalue weighted by Crippen LogP contribution is -2.32. The van der Waals surface area contributed by atoms with Crippen LogP contribution in [-0.2, 0) is 11.3 Å². The van der Waals surface area contributed by atoms with Crippen LogP contribution in [0.25, 0.3) is 0 Å². The summed E-state index contributed by atoms with van der Waals surface area (Å²) in [5.41, 5.74) is 0.961. The molecule has 3 nitrogen and oxygen atoms in total. The smallest absolute Gasteiger partial charge is 0.236 e. The highest BCUT2D eigenvalue weighted by molar-refractivity contribution is 5.77. The van der Waals surface area contributed by atoms with E-state index in [1.807, 2.05) is 0 Å². The Morgan fingerprint density at radius 1 is 1.33 bits per heavy atom. The largest absolute Gasteiger partial charge is 0.348 e. The molecular formula is C11H15FN2O. The second-order valence-electron chi connectivity index (χ2n) is 3.52. The van der Waals surface area contributed by atoms with Crippen LogP contribution >= 0.6 is 0 Å². The van der Waals surface area contributed by atoms with Crippen molar-refractivity contribution >= 4 is 5.91 Å². The molecule has 0 aliphatic carbocycles. The normalized spacial score (nSPS) is 10.1. The maximum absolute atomic E-state index is 12.6. The zero-order valence-electron chi connectivity index (χ0n) is 8.96. The molecule has 82 valence electrons. The van der Waals surface area contributed by atoms with Gasteiger partial charge in [0.25, 0.3) is 0 Å². The molecule has 0 heterocycles. The third-order valence-corrected chi connectivity index (χ3v) is 2.02. The molecular weight excluding hydrogens is 195 g/mol. The molecule has 0 saturated heterocycles. The number of nitrogens with one attached hydrogen (secondary N) is 1. The van der Waals surface area contributed by atoms with E-state index in [1.54, 1.807) is 26.2 Å². The maximum Gasteiger partial charge on any atom is 0.236 e. The molecule has 1 amide bonds. The van der Waals surface area contributed by atoms with E-state index < -0.39 is 0 Å². The number of carbonyl (C=O) groups excluding carboxylic acids is 1. The first-order valence-corrected chi connectivity index (χ1v) is 4.75. The van der Waals surface area contributed by atoms with E-state index in [0.717, 1.165) is 5.56 Å². The number of benzene rings is 1. The zero-order chi connectivity index (χ0) is 11.3. The highest BCUT2D eigenvalue weighted by Gasteiger charge is 2.02. The predicted molar refractivity (Wildman–Crippen MR) is 56.8 cm³/mol. The molecule has 0 saturated carbocycles. The lowest BCUT2D eigenvalue weighted by atomic mass is 10.2. The van der Waals surface area contributed by atoms with E-state index >= 15 is 0 Å². The molecule has 0 aromatic heterocycles. The second kappa shape index (κ2) is 5.46. The Labute approximate surface area is 88.9 Å². The fourth-order valence-electron chi connectivity index (χ4n) is 1.07. The Hall–Kier alpha value is -1.42. The minimum atomic E-state index is -0.247. The van der Waals surface area contributed by atoms with Gasteiger partial charge in [-0.05, 0) is 17.7 Å². The number of nitrogens with zero attached hydrogens (tertiary/aromatic N) is 1. The van der Waals surface area contributed by atoms with Crippen molar-refractivity contribution in [2.24, 2.45) is 0 Å². The fraction of sp³-hybridized carbons (Fsp3) is 0.364. The highest BCUT2D eigenvalue weighted by Crippen LogP contribution is 2.01. The van der Waals surface area contributed by atoms with Crippen LogP contribution in [0.5, 0.6) is 0 Å². The molecule has 0 aliphatic rings. The van der Waals surface area contributed by atoms with E-state index in [4.69, 9.17) is 0 Å². The van der Waals surface area contributed by atoms with Gasteiger partial charge in [0, 0.05) is 20.6 Å². The molecule has 4 heteroatoms. The molecule has 0 aliphatic heterocycles. The molecule has 1 rings (SSSR count). The van der Waals surface area contributed by atoms with E-state index in [1.165, 1.54) is 17.0 Å². The summed E-state index contributed by atoms with van der Waals surface area (Å²) in [6.07, 6.45) is 0. The summed E-state index contributed by atoms with van der Waals surface area (Å²) in [7, 11) is 3.42. The number of halogens is 1. The monoisotopic (exact) mass is 210 g/mol. The molecule has 0 radical (unpaired) electrons. The topological polar surface area (TPSA) is 32.3 Å². The van der Waals surface area contributed by atoms with Crippen LogP contribution in [0.1, 0.15) is 5.56 Å². The van der Waals surface area contributed by atoms with Crippen molar-refractivity contribution in [3.8, 4) is 0 Å². The Morgan fingerprint density at radius 3 is 2.47 bits per heavy atom. The van der Waals surface area contributed by atoms with Gasteiger partial charge < -0.3 is 10.2 Å². The van der Waals surface area contributed by atoms with Crippen molar-refractivity contribution in [2.75, 3.05) is 20.6 Å². The first-order valence-electron chi connectivity index (χ1n) is 4.75. The van der Waals surface area contributed by atoms with Crippen LogP contribution in [0, 0.1) is 5.82 Å². The first kappa shape index (κ1) is 11.7. The van der Waals surface area contributed by atoms with Crippen molar-refractivity contribution in [1.29, 1.82) is 0 Å². The molecule has 0 bridgehead atoms. The Bertz CT molecular complexity index is 322. The van der Waals surface area contributed by atoms with Crippen molar-refractivity contribution in [1.82, 2.24) is 10.2 Å². The van der Waals surface area contributed by atoms with E-state index in [0.29, 0.717) is 13.1 Å². The Morgan fingerprint density at radius 2 is 1.93 bits per heavy atom. The van der Waals surface area contributed by atoms with Crippen LogP contribution in [0.2, 0.25) is 0 Å². The average molecular weight is 210 g/mol. The highest BCUT2D eigenvalue weighted by atomic mass is 19.1. The number of hydrogen-bond acceptors (Lipinski definition) is 2. The van der Waals surface area contributed by atoms with Crippen molar-refractivity contribution in [2.45, 2.75) is 6.54 Å². The van der Waals surface area contributed by atoms with Crippen molar-refractivity contribution < 1.29 is 9.18 Å². The number of rotatable bonds is 4. The van der Waals surface area contributed by atoms with E-state index in [-0.39, 0.29) is 11.7 Å². The summed E-state index contributed by atoms with van der Waals surface area (Å²) < 4.78 is 12.6. The van der Waals surface area contributed by atoms with Crippen LogP contribution in [0.3, 0.4) is 0 Å². The molecule has 0 unspecified atom stereocenters. The lowest BCUT2D eigenvalue weighted by molar-refractivity contribution is -0.127. The third-order valence-electron chi connectivity index (χ3n) is 2.02. The van der Waals surface area contributed by atoms with Crippen LogP contribution in [0.15, 0.2) is 24.3 Å². The second-order valence-corrected chi connectivity index (χ2v) is 3.52. The van der Waals surface area contributed by atoms with Crippen molar-refractivity contribution in [3.05, 3.63) is 35.6 Å². The summed E-state index contributed by atoms with van der Waals surface area (Å²) in [6.45, 7) is 0.865. The van der Waals surface area contributed by atoms with Crippen LogP contribution in [0.4, 0.5) is 4.39 Å². The SMILES string of the molecule is CN(C)C(=O)CNCc1ccc(F)cc1. The lowest BCUT2D eigenvalue weighted by Gasteiger charge is -2.10. The van der Waals surface area contributed by atoms with Gasteiger partial charge in [0.15, 0.2) is 0 Å². The van der Waals surface area contributed by atoms with Gasteiger partial charge in [0.1, 0.15) is 5.82 Å². The average Bonchev–Trinajstić information content (AvgIpc) is 2.20. The van der Waals surface area contributed by atoms with E-state index in [2.05, 4.69) is 5.32 Å². The van der Waals surface area contributed by atoms with Crippen LogP contribution in [-0.4, -0.2) is 31.4 Å². The first-order chi connectivity index (χ1) is 7.09. The predicted octanol–water partition coefficient (Wildman–Crippen LogP) is 1.00. The maximum atomic E-state index is 12.6. The van der Waals surface area contributed by atoms with Gasteiger partial charge in [-0.3, -0.25) is 4.79 Å². The molecule has 1 N–H and O–H groups in total. The molecule has 0 atom stereocenters. The Kier molecular flexibility index (Phi) is 4.24. The van der Waals surface area contributed by atoms with Gasteiger partial charge >= 0.3 is 0 Å². The number of amides is 1. The van der Waals surface area contributed by atoms with Gasteiger partial charge in [0.05, 0.1) is 6.54 Å². The van der Waals surface area contributed by atoms with Gasteiger partial charge in [-0.25, -0.2) is 4.39 Å². The molecule has 0 fully saturated rings. The summed E-state index contributed by atoms with van der Waals surface area (Å²) in [5, 5.41) is 2.99. The zero-order valence-corrected chi connectivity index (χ0v) is 8.96. The van der Waals surface area contributed by atoms with Crippen LogP contribution < -0.4 is 5.32 Å². The third kappa shape index (κ3) is 4.08. The van der Waals surface area contributed by atoms with Gasteiger partial charge in [-0.15, -0.1) is 0 Å². The fourth-order valence-corrected chi connectivity index (χ4v) is 1.07. The van der Waals surface area contributed by atoms with Gasteiger partial charge in [-0.1, -0.05) is 12.1 Å². The van der Waals surface area contributed by atoms with Gasteiger partial charge in [-0.2, -0.15) is 0 Å². The molecule has 1 aromatic carbocycles. The number of hydrogen-bond donors (Lipinski definition) is 1. The van der Waals surface area contributed by atoms with Crippen molar-refractivity contribution in [3.63, 3.8) is 0 Å². The summed E-state index contributed by atoms with van der Waals surface area (Å²) in [4.78, 5) is 12.7. The molecule has 15 heavy (non-hydrogen) atoms. The Balaban J connectivity index is 2.32. The standard InChI is InChI=1S/C11H15FN2O/c1-14(2)11(15)8-13-7-9-3-5-10(12)6-4-9/h3-6,13H,7-8H2,1-2H3. The minimum Gasteiger partial charge on any atom is -0.348 e. The molecule has 1 aromatic rings. The van der Waals surface area contributed by atoms with E-state index in [9.17, 15) is 9.18 Å². The minimum absolute atomic E-state index is 0.0251. The van der Waals surface area contributed by atoms with Gasteiger partial charge in [0.2, 0.25) is 5.91 Å². The molecule has 0 spiro atoms. The summed E-state index contributed by atoms with van der Waals surface area (Å²) in [5.74, 6) is -0.222. The number of carbonyl (C=O) groups is 1. The summed E-state index contributed by atoms with van der Waals surface area (Å²) in [6, 6.07) is 6.21. The summed E-state index contributed by atoms with van der Waals surface area (Å²) >= 11 is 0. The quantitative estimate of drug-likeness (QED) is 0.804. The number of likely N-dealkylation sites (N-methyl/N-ethyl adjacent to an activating group) is 1.